The SMILES string of the molecule is COc1cc(C=CC(=O)c2ccc(Cl)cc2O)c(OC(C)C)c(OC)c1C(=O)O. The third-order valence-corrected chi connectivity index (χ3v) is 4.09. The number of halogens is 1. The molecule has 0 saturated carbocycles. The molecule has 0 amide bonds. The van der Waals surface area contributed by atoms with Gasteiger partial charge in [-0.25, -0.2) is 4.79 Å². The van der Waals surface area contributed by atoms with Crippen molar-refractivity contribution >= 4 is 29.4 Å². The molecule has 0 aliphatic rings. The fourth-order valence-corrected chi connectivity index (χ4v) is 2.81. The average Bonchev–Trinajstić information content (AvgIpc) is 2.65. The molecule has 29 heavy (non-hydrogen) atoms. The number of phenols is 1. The van der Waals surface area contributed by atoms with Gasteiger partial charge < -0.3 is 24.4 Å². The predicted octanol–water partition coefficient (Wildman–Crippen LogP) is 4.44. The number of carboxylic acids is 1. The highest BCUT2D eigenvalue weighted by Crippen LogP contribution is 2.42. The Hall–Kier alpha value is -3.19. The Kier molecular flexibility index (Phi) is 7.12. The van der Waals surface area contributed by atoms with Crippen molar-refractivity contribution in [1.29, 1.82) is 0 Å². The van der Waals surface area contributed by atoms with E-state index in [1.807, 2.05) is 0 Å². The maximum atomic E-state index is 12.5. The summed E-state index contributed by atoms with van der Waals surface area (Å²) in [5, 5.41) is 19.8. The van der Waals surface area contributed by atoms with Crippen LogP contribution < -0.4 is 14.2 Å². The van der Waals surface area contributed by atoms with E-state index in [2.05, 4.69) is 0 Å². The molecule has 7 nitrogen and oxygen atoms in total. The molecule has 2 aromatic carbocycles. The summed E-state index contributed by atoms with van der Waals surface area (Å²) in [6, 6.07) is 5.60. The van der Waals surface area contributed by atoms with E-state index in [1.54, 1.807) is 13.8 Å². The van der Waals surface area contributed by atoms with Gasteiger partial charge in [0.2, 0.25) is 0 Å². The van der Waals surface area contributed by atoms with Crippen LogP contribution in [0.1, 0.15) is 40.1 Å². The quantitative estimate of drug-likeness (QED) is 0.480. The molecule has 2 rings (SSSR count). The summed E-state index contributed by atoms with van der Waals surface area (Å²) in [7, 11) is 2.65. The van der Waals surface area contributed by atoms with Gasteiger partial charge in [0.05, 0.1) is 25.9 Å². The molecule has 0 atom stereocenters. The van der Waals surface area contributed by atoms with Gasteiger partial charge in [0.25, 0.3) is 0 Å². The van der Waals surface area contributed by atoms with Gasteiger partial charge in [-0.3, -0.25) is 4.79 Å². The smallest absolute Gasteiger partial charge is 0.343 e. The Bertz CT molecular complexity index is 964. The molecule has 0 heterocycles. The highest BCUT2D eigenvalue weighted by Gasteiger charge is 2.25. The standard InChI is InChI=1S/C21H21ClO7/c1-11(2)29-19-12(9-17(27-3)18(21(25)26)20(19)28-4)5-8-15(23)14-7-6-13(22)10-16(14)24/h5-11,24H,1-4H3,(H,25,26). The second kappa shape index (κ2) is 9.34. The lowest BCUT2D eigenvalue weighted by Crippen LogP contribution is -2.12. The largest absolute Gasteiger partial charge is 0.507 e. The third-order valence-electron chi connectivity index (χ3n) is 3.86. The number of aromatic hydroxyl groups is 1. The number of benzene rings is 2. The van der Waals surface area contributed by atoms with Crippen LogP contribution in [0.4, 0.5) is 0 Å². The van der Waals surface area contributed by atoms with Gasteiger partial charge in [0.15, 0.2) is 17.3 Å². The van der Waals surface area contributed by atoms with E-state index in [0.29, 0.717) is 10.6 Å². The fourth-order valence-electron chi connectivity index (χ4n) is 2.64. The number of allylic oxidation sites excluding steroid dienone is 1. The fraction of sp³-hybridized carbons (Fsp3) is 0.238. The zero-order chi connectivity index (χ0) is 21.7. The number of ether oxygens (including phenoxy) is 3. The molecule has 0 unspecified atom stereocenters. The second-order valence-corrected chi connectivity index (χ2v) is 6.67. The lowest BCUT2D eigenvalue weighted by atomic mass is 10.0. The van der Waals surface area contributed by atoms with Crippen LogP contribution >= 0.6 is 11.6 Å². The molecule has 0 aliphatic heterocycles. The number of hydrogen-bond donors (Lipinski definition) is 2. The number of carbonyl (C=O) groups excluding carboxylic acids is 1. The minimum atomic E-state index is -1.25. The maximum absolute atomic E-state index is 12.5. The first-order valence-electron chi connectivity index (χ1n) is 8.59. The number of hydrogen-bond acceptors (Lipinski definition) is 6. The van der Waals surface area contributed by atoms with E-state index in [0.717, 1.165) is 0 Å². The zero-order valence-corrected chi connectivity index (χ0v) is 17.1. The van der Waals surface area contributed by atoms with Crippen LogP contribution in [0.25, 0.3) is 6.08 Å². The van der Waals surface area contributed by atoms with Crippen LogP contribution in [0.2, 0.25) is 5.02 Å². The average molecular weight is 421 g/mol. The highest BCUT2D eigenvalue weighted by molar-refractivity contribution is 6.31. The molecular weight excluding hydrogens is 400 g/mol. The normalized spacial score (nSPS) is 11.0. The molecule has 2 N–H and O–H groups in total. The molecule has 0 aliphatic carbocycles. The molecule has 0 aromatic heterocycles. The summed E-state index contributed by atoms with van der Waals surface area (Å²) < 4.78 is 16.2. The van der Waals surface area contributed by atoms with Crippen molar-refractivity contribution in [3.05, 3.63) is 52.1 Å². The molecule has 0 bridgehead atoms. The van der Waals surface area contributed by atoms with Crippen molar-refractivity contribution in [2.75, 3.05) is 14.2 Å². The van der Waals surface area contributed by atoms with E-state index < -0.39 is 11.8 Å². The first-order valence-corrected chi connectivity index (χ1v) is 8.97. The lowest BCUT2D eigenvalue weighted by Gasteiger charge is -2.19. The van der Waals surface area contributed by atoms with E-state index in [4.69, 9.17) is 25.8 Å². The number of ketones is 1. The van der Waals surface area contributed by atoms with Crippen LogP contribution in [0.15, 0.2) is 30.3 Å². The zero-order valence-electron chi connectivity index (χ0n) is 16.4. The van der Waals surface area contributed by atoms with E-state index in [9.17, 15) is 19.8 Å². The Balaban J connectivity index is 2.59. The highest BCUT2D eigenvalue weighted by atomic mass is 35.5. The molecule has 0 fully saturated rings. The number of phenolic OH excluding ortho intramolecular Hbond substituents is 1. The van der Waals surface area contributed by atoms with Crippen molar-refractivity contribution in [3.8, 4) is 23.0 Å². The topological polar surface area (TPSA) is 102 Å². The Morgan fingerprint density at radius 3 is 2.31 bits per heavy atom. The van der Waals surface area contributed by atoms with Gasteiger partial charge >= 0.3 is 5.97 Å². The van der Waals surface area contributed by atoms with E-state index in [-0.39, 0.29) is 40.2 Å². The van der Waals surface area contributed by atoms with Crippen molar-refractivity contribution < 1.29 is 34.0 Å². The molecular formula is C21H21ClO7. The second-order valence-electron chi connectivity index (χ2n) is 6.24. The Morgan fingerprint density at radius 1 is 1.10 bits per heavy atom. The lowest BCUT2D eigenvalue weighted by molar-refractivity contribution is 0.0687. The minimum absolute atomic E-state index is 0.0213. The summed E-state index contributed by atoms with van der Waals surface area (Å²) >= 11 is 5.79. The molecule has 0 radical (unpaired) electrons. The van der Waals surface area contributed by atoms with Crippen molar-refractivity contribution in [2.24, 2.45) is 0 Å². The molecule has 8 heteroatoms. The first kappa shape index (κ1) is 22.1. The molecule has 154 valence electrons. The monoisotopic (exact) mass is 420 g/mol. The first-order chi connectivity index (χ1) is 13.7. The van der Waals surface area contributed by atoms with Crippen LogP contribution in [0.5, 0.6) is 23.0 Å². The number of methoxy groups -OCH3 is 2. The van der Waals surface area contributed by atoms with Gasteiger partial charge in [0, 0.05) is 10.6 Å². The minimum Gasteiger partial charge on any atom is -0.507 e. The Morgan fingerprint density at radius 2 is 1.79 bits per heavy atom. The van der Waals surface area contributed by atoms with Crippen LogP contribution in [0.3, 0.4) is 0 Å². The van der Waals surface area contributed by atoms with Gasteiger partial charge in [-0.1, -0.05) is 11.6 Å². The number of rotatable bonds is 8. The summed E-state index contributed by atoms with van der Waals surface area (Å²) in [5.74, 6) is -1.79. The van der Waals surface area contributed by atoms with Crippen LogP contribution in [0, 0.1) is 0 Å². The molecule has 0 saturated heterocycles. The predicted molar refractivity (Wildman–Crippen MR) is 109 cm³/mol. The van der Waals surface area contributed by atoms with Crippen molar-refractivity contribution in [3.63, 3.8) is 0 Å². The van der Waals surface area contributed by atoms with Crippen LogP contribution in [-0.2, 0) is 0 Å². The molecule has 0 spiro atoms. The summed E-state index contributed by atoms with van der Waals surface area (Å²) in [6.07, 6.45) is 2.37. The van der Waals surface area contributed by atoms with Gasteiger partial charge in [-0.15, -0.1) is 0 Å². The van der Waals surface area contributed by atoms with Crippen molar-refractivity contribution in [1.82, 2.24) is 0 Å². The summed E-state index contributed by atoms with van der Waals surface area (Å²) in [6.45, 7) is 3.54. The van der Waals surface area contributed by atoms with Crippen molar-refractivity contribution in [2.45, 2.75) is 20.0 Å². The van der Waals surface area contributed by atoms with E-state index >= 15 is 0 Å². The maximum Gasteiger partial charge on any atom is 0.343 e. The van der Waals surface area contributed by atoms with E-state index in [1.165, 1.54) is 50.6 Å². The summed E-state index contributed by atoms with van der Waals surface area (Å²) in [5.41, 5.74) is 0.252. The number of aromatic carboxylic acids is 1. The van der Waals surface area contributed by atoms with Gasteiger partial charge in [-0.05, 0) is 50.3 Å². The molecule has 2 aromatic rings. The van der Waals surface area contributed by atoms with Gasteiger partial charge in [0.1, 0.15) is 17.1 Å². The van der Waals surface area contributed by atoms with Gasteiger partial charge in [-0.2, -0.15) is 0 Å². The third kappa shape index (κ3) is 5.00. The number of carboxylic acid groups (broad SMARTS) is 1. The number of carbonyl (C=O) groups is 2. The Labute approximate surface area is 173 Å². The van der Waals surface area contributed by atoms with Crippen LogP contribution in [-0.4, -0.2) is 42.3 Å². The summed E-state index contributed by atoms with van der Waals surface area (Å²) in [4.78, 5) is 24.2.